The van der Waals surface area contributed by atoms with Gasteiger partial charge in [-0.2, -0.15) is 0 Å². The summed E-state index contributed by atoms with van der Waals surface area (Å²) in [4.78, 5) is 29.1. The summed E-state index contributed by atoms with van der Waals surface area (Å²) in [5, 5.41) is 3.01. The monoisotopic (exact) mass is 510 g/mol. The molecule has 0 bridgehead atoms. The van der Waals surface area contributed by atoms with E-state index in [0.717, 1.165) is 0 Å². The van der Waals surface area contributed by atoms with Crippen molar-refractivity contribution in [2.24, 2.45) is 0 Å². The topological polar surface area (TPSA) is 67.9 Å². The lowest BCUT2D eigenvalue weighted by atomic mass is 9.79. The zero-order chi connectivity index (χ0) is 26.5. The lowest BCUT2D eigenvalue weighted by Gasteiger charge is -2.41. The van der Waals surface area contributed by atoms with Crippen molar-refractivity contribution in [3.8, 4) is 11.5 Å². The second-order valence-electron chi connectivity index (χ2n) is 8.98. The Labute approximate surface area is 220 Å². The van der Waals surface area contributed by atoms with Crippen LogP contribution >= 0.6 is 0 Å². The van der Waals surface area contributed by atoms with Crippen LogP contribution < -0.4 is 10.1 Å². The lowest BCUT2D eigenvalue weighted by Crippen LogP contribution is -2.47. The van der Waals surface area contributed by atoms with E-state index in [-0.39, 0.29) is 18.4 Å². The van der Waals surface area contributed by atoms with Crippen LogP contribution in [0.15, 0.2) is 103 Å². The highest BCUT2D eigenvalue weighted by Gasteiger charge is 2.44. The van der Waals surface area contributed by atoms with Crippen molar-refractivity contribution in [3.05, 3.63) is 126 Å². The number of halogens is 1. The summed E-state index contributed by atoms with van der Waals surface area (Å²) in [6.45, 7) is 0.573. The molecule has 1 heterocycles. The number of nitrogens with one attached hydrogen (secondary N) is 1. The van der Waals surface area contributed by atoms with Gasteiger partial charge >= 0.3 is 0 Å². The maximum absolute atomic E-state index is 13.9. The van der Waals surface area contributed by atoms with Gasteiger partial charge in [0.2, 0.25) is 5.91 Å². The molecule has 2 atom stereocenters. The Morgan fingerprint density at radius 3 is 2.24 bits per heavy atom. The van der Waals surface area contributed by atoms with E-state index >= 15 is 0 Å². The number of amides is 2. The fourth-order valence-corrected chi connectivity index (χ4v) is 4.79. The quantitative estimate of drug-likeness (QED) is 0.307. The summed E-state index contributed by atoms with van der Waals surface area (Å²) >= 11 is 0. The second kappa shape index (κ2) is 11.3. The first kappa shape index (κ1) is 25.2. The average Bonchev–Trinajstić information content (AvgIpc) is 2.94. The van der Waals surface area contributed by atoms with Crippen molar-refractivity contribution in [1.82, 2.24) is 4.90 Å². The van der Waals surface area contributed by atoms with Gasteiger partial charge in [0.05, 0.1) is 18.6 Å². The molecule has 0 saturated carbocycles. The van der Waals surface area contributed by atoms with Gasteiger partial charge in [0, 0.05) is 24.9 Å². The third-order valence-electron chi connectivity index (χ3n) is 6.57. The molecule has 1 N–H and O–H groups in total. The number of anilines is 1. The van der Waals surface area contributed by atoms with Crippen molar-refractivity contribution < 1.29 is 23.5 Å². The minimum Gasteiger partial charge on any atom is -0.457 e. The molecule has 4 aromatic carbocycles. The van der Waals surface area contributed by atoms with Crippen LogP contribution in [0.25, 0.3) is 0 Å². The van der Waals surface area contributed by atoms with Crippen LogP contribution in [0.2, 0.25) is 0 Å². The van der Waals surface area contributed by atoms with E-state index in [9.17, 15) is 14.0 Å². The van der Waals surface area contributed by atoms with Crippen LogP contribution in [-0.2, 0) is 9.53 Å². The lowest BCUT2D eigenvalue weighted by molar-refractivity contribution is -0.119. The van der Waals surface area contributed by atoms with E-state index in [0.29, 0.717) is 40.5 Å². The molecule has 0 unspecified atom stereocenters. The number of carbonyl (C=O) groups is 2. The third-order valence-corrected chi connectivity index (χ3v) is 6.57. The van der Waals surface area contributed by atoms with Gasteiger partial charge in [-0.15, -0.1) is 0 Å². The highest BCUT2D eigenvalue weighted by Crippen LogP contribution is 2.43. The summed E-state index contributed by atoms with van der Waals surface area (Å²) in [5.74, 6) is -0.245. The largest absolute Gasteiger partial charge is 0.457 e. The van der Waals surface area contributed by atoms with Crippen LogP contribution in [0.4, 0.5) is 10.1 Å². The van der Waals surface area contributed by atoms with Gasteiger partial charge < -0.3 is 19.7 Å². The number of hydrogen-bond donors (Lipinski definition) is 1. The Bertz CT molecular complexity index is 1410. The first-order valence-corrected chi connectivity index (χ1v) is 12.3. The number of benzene rings is 4. The molecular weight excluding hydrogens is 483 g/mol. The van der Waals surface area contributed by atoms with Crippen molar-refractivity contribution in [1.29, 1.82) is 0 Å². The second-order valence-corrected chi connectivity index (χ2v) is 8.98. The Morgan fingerprint density at radius 2 is 1.53 bits per heavy atom. The zero-order valence-corrected chi connectivity index (χ0v) is 20.8. The van der Waals surface area contributed by atoms with Gasteiger partial charge in [-0.05, 0) is 65.7 Å². The molecule has 7 heteroatoms. The zero-order valence-electron chi connectivity index (χ0n) is 20.8. The summed E-state index contributed by atoms with van der Waals surface area (Å²) in [6, 6.07) is 28.9. The molecular formula is C31H27FN2O4. The Hall–Kier alpha value is -4.49. The van der Waals surface area contributed by atoms with E-state index in [1.807, 2.05) is 36.4 Å². The fraction of sp³-hybridized carbons (Fsp3) is 0.161. The first-order chi connectivity index (χ1) is 18.5. The maximum Gasteiger partial charge on any atom is 0.254 e. The van der Waals surface area contributed by atoms with Crippen LogP contribution in [0, 0.1) is 5.82 Å². The molecule has 0 aliphatic carbocycles. The molecule has 0 spiro atoms. The minimum absolute atomic E-state index is 0.196. The van der Waals surface area contributed by atoms with Gasteiger partial charge in [-0.3, -0.25) is 9.59 Å². The highest BCUT2D eigenvalue weighted by molar-refractivity contribution is 6.04. The number of hydrogen-bond acceptors (Lipinski definition) is 4. The number of ether oxygens (including phenoxy) is 2. The Kier molecular flexibility index (Phi) is 7.47. The van der Waals surface area contributed by atoms with E-state index < -0.39 is 17.8 Å². The normalized spacial score (nSPS) is 16.6. The summed E-state index contributed by atoms with van der Waals surface area (Å²) < 4.78 is 24.9. The standard InChI is InChI=1S/C31H27FN2O4/c1-37-20-19-34-29(21-11-13-22(32)14-12-21)28(26-9-5-6-10-27(26)31(34)36)30(35)33-23-15-17-25(18-16-23)38-24-7-3-2-4-8-24/h2-18,28-29H,19-20H2,1H3,(H,33,35)/t28-,29+/m1/s1. The molecule has 1 aliphatic rings. The molecule has 192 valence electrons. The predicted octanol–water partition coefficient (Wildman–Crippen LogP) is 6.18. The molecule has 1 aliphatic heterocycles. The fourth-order valence-electron chi connectivity index (χ4n) is 4.79. The third kappa shape index (κ3) is 5.28. The molecule has 5 rings (SSSR count). The SMILES string of the molecule is COCCN1C(=O)c2ccccc2[C@@H](C(=O)Nc2ccc(Oc3ccccc3)cc2)[C@@H]1c1ccc(F)cc1. The van der Waals surface area contributed by atoms with E-state index in [2.05, 4.69) is 5.32 Å². The van der Waals surface area contributed by atoms with Crippen LogP contribution in [0.3, 0.4) is 0 Å². The van der Waals surface area contributed by atoms with Crippen molar-refractivity contribution in [2.75, 3.05) is 25.6 Å². The predicted molar refractivity (Wildman–Crippen MR) is 143 cm³/mol. The van der Waals surface area contributed by atoms with E-state index in [1.165, 1.54) is 12.1 Å². The van der Waals surface area contributed by atoms with Crippen LogP contribution in [0.1, 0.15) is 33.4 Å². The van der Waals surface area contributed by atoms with Gasteiger partial charge in [0.15, 0.2) is 0 Å². The number of fused-ring (bicyclic) bond motifs is 1. The number of methoxy groups -OCH3 is 1. The smallest absolute Gasteiger partial charge is 0.254 e. The molecule has 0 radical (unpaired) electrons. The van der Waals surface area contributed by atoms with E-state index in [4.69, 9.17) is 9.47 Å². The molecule has 6 nitrogen and oxygen atoms in total. The average molecular weight is 511 g/mol. The number of rotatable bonds is 8. The van der Waals surface area contributed by atoms with Crippen molar-refractivity contribution in [2.45, 2.75) is 12.0 Å². The summed E-state index contributed by atoms with van der Waals surface area (Å²) in [5.41, 5.74) is 2.35. The van der Waals surface area contributed by atoms with Gasteiger partial charge in [0.1, 0.15) is 17.3 Å². The molecule has 2 amide bonds. The van der Waals surface area contributed by atoms with Gasteiger partial charge in [-0.1, -0.05) is 48.5 Å². The Morgan fingerprint density at radius 1 is 0.868 bits per heavy atom. The molecule has 0 fully saturated rings. The minimum atomic E-state index is -0.730. The van der Waals surface area contributed by atoms with Crippen LogP contribution in [0.5, 0.6) is 11.5 Å². The maximum atomic E-state index is 13.9. The van der Waals surface area contributed by atoms with Crippen molar-refractivity contribution in [3.63, 3.8) is 0 Å². The molecule has 0 aromatic heterocycles. The number of nitrogens with zero attached hydrogens (tertiary/aromatic N) is 1. The molecule has 0 saturated heterocycles. The summed E-state index contributed by atoms with van der Waals surface area (Å²) in [6.07, 6.45) is 0. The Balaban J connectivity index is 1.47. The van der Waals surface area contributed by atoms with Crippen molar-refractivity contribution >= 4 is 17.5 Å². The number of para-hydroxylation sites is 1. The van der Waals surface area contributed by atoms with E-state index in [1.54, 1.807) is 66.6 Å². The van der Waals surface area contributed by atoms with Gasteiger partial charge in [0.25, 0.3) is 5.91 Å². The molecule has 4 aromatic rings. The highest BCUT2D eigenvalue weighted by atomic mass is 19.1. The summed E-state index contributed by atoms with van der Waals surface area (Å²) in [7, 11) is 1.56. The number of carbonyl (C=O) groups excluding carboxylic acids is 2. The first-order valence-electron chi connectivity index (χ1n) is 12.3. The van der Waals surface area contributed by atoms with Crippen LogP contribution in [-0.4, -0.2) is 37.0 Å². The molecule has 38 heavy (non-hydrogen) atoms. The van der Waals surface area contributed by atoms with Gasteiger partial charge in [-0.25, -0.2) is 4.39 Å².